The van der Waals surface area contributed by atoms with Gasteiger partial charge in [-0.25, -0.2) is 4.79 Å². The maximum Gasteiger partial charge on any atom is 0.365 e. The summed E-state index contributed by atoms with van der Waals surface area (Å²) in [5.74, 6) is -0.738. The van der Waals surface area contributed by atoms with Gasteiger partial charge in [-0.05, 0) is 54.5 Å². The number of hydrogen-bond acceptors (Lipinski definition) is 6. The van der Waals surface area contributed by atoms with Gasteiger partial charge in [-0.1, -0.05) is 45.0 Å². The van der Waals surface area contributed by atoms with Crippen molar-refractivity contribution in [2.45, 2.75) is 53.4 Å². The lowest BCUT2D eigenvalue weighted by Gasteiger charge is -2.39. The molecule has 34 heavy (non-hydrogen) atoms. The molecular formula is C26H29N3O5. The van der Waals surface area contributed by atoms with Crippen molar-refractivity contribution in [3.8, 4) is 0 Å². The fourth-order valence-corrected chi connectivity index (χ4v) is 5.47. The summed E-state index contributed by atoms with van der Waals surface area (Å²) in [6.07, 6.45) is 2.83. The molecule has 8 nitrogen and oxygen atoms in total. The van der Waals surface area contributed by atoms with Crippen molar-refractivity contribution >= 4 is 29.0 Å². The zero-order valence-corrected chi connectivity index (χ0v) is 19.9. The van der Waals surface area contributed by atoms with Crippen LogP contribution in [-0.2, 0) is 16.1 Å². The molecule has 2 fully saturated rings. The van der Waals surface area contributed by atoms with E-state index in [0.717, 1.165) is 24.9 Å². The highest BCUT2D eigenvalue weighted by molar-refractivity contribution is 6.06. The first-order chi connectivity index (χ1) is 16.0. The maximum atomic E-state index is 13.6. The van der Waals surface area contributed by atoms with E-state index in [2.05, 4.69) is 38.2 Å². The van der Waals surface area contributed by atoms with Gasteiger partial charge in [0.2, 0.25) is 5.91 Å². The average molecular weight is 464 g/mol. The summed E-state index contributed by atoms with van der Waals surface area (Å²) in [5, 5.41) is 18.1. The van der Waals surface area contributed by atoms with Gasteiger partial charge in [-0.3, -0.25) is 14.9 Å². The summed E-state index contributed by atoms with van der Waals surface area (Å²) in [5.41, 5.74) is 1.26. The molecule has 2 bridgehead atoms. The first kappa shape index (κ1) is 23.6. The normalized spacial score (nSPS) is 25.8. The third kappa shape index (κ3) is 3.57. The van der Waals surface area contributed by atoms with Crippen molar-refractivity contribution in [2.24, 2.45) is 21.4 Å². The van der Waals surface area contributed by atoms with E-state index in [1.54, 1.807) is 0 Å². The summed E-state index contributed by atoms with van der Waals surface area (Å²) >= 11 is 0. The summed E-state index contributed by atoms with van der Waals surface area (Å²) in [6.45, 7) is 8.33. The van der Waals surface area contributed by atoms with E-state index in [1.165, 1.54) is 29.8 Å². The van der Waals surface area contributed by atoms with Crippen LogP contribution in [0.2, 0.25) is 0 Å². The van der Waals surface area contributed by atoms with Gasteiger partial charge in [0, 0.05) is 29.7 Å². The Labute approximate surface area is 198 Å². The molecule has 1 amide bonds. The quantitative estimate of drug-likeness (QED) is 0.344. The van der Waals surface area contributed by atoms with E-state index in [-0.39, 0.29) is 17.2 Å². The summed E-state index contributed by atoms with van der Waals surface area (Å²) in [6, 6.07) is 13.0. The van der Waals surface area contributed by atoms with Crippen LogP contribution >= 0.6 is 0 Å². The minimum Gasteiger partial charge on any atom is -0.326 e. The number of carbonyl (C=O) groups is 2. The topological polar surface area (TPSA) is 111 Å². The number of nitro groups is 1. The number of anilines is 1. The van der Waals surface area contributed by atoms with E-state index >= 15 is 0 Å². The van der Waals surface area contributed by atoms with Crippen molar-refractivity contribution in [1.29, 1.82) is 0 Å². The molecule has 0 aliphatic heterocycles. The van der Waals surface area contributed by atoms with Crippen molar-refractivity contribution < 1.29 is 19.3 Å². The number of benzene rings is 2. The highest BCUT2D eigenvalue weighted by Gasteiger charge is 2.71. The molecule has 2 atom stereocenters. The second kappa shape index (κ2) is 8.34. The number of amides is 1. The number of nitro benzene ring substituents is 1. The molecule has 0 heterocycles. The standard InChI is InChI=1S/C26H29N3O5/c1-5-17-6-10-19(11-7-17)27-23(31)26-15-14-25(4,24(26,2)3)21(16-26)28-34-22(30)18-8-12-20(13-9-18)29(32)33/h6-13H,5,14-16H2,1-4H3,(H,27,31)/b28-21-. The molecule has 178 valence electrons. The molecule has 2 saturated carbocycles. The van der Waals surface area contributed by atoms with Crippen molar-refractivity contribution in [1.82, 2.24) is 0 Å². The smallest absolute Gasteiger partial charge is 0.326 e. The molecule has 0 saturated heterocycles. The molecule has 2 aromatic carbocycles. The molecule has 2 aromatic rings. The second-order valence-electron chi connectivity index (χ2n) is 9.94. The third-order valence-corrected chi connectivity index (χ3v) is 8.34. The van der Waals surface area contributed by atoms with E-state index in [0.29, 0.717) is 12.1 Å². The van der Waals surface area contributed by atoms with Crippen LogP contribution in [0.5, 0.6) is 0 Å². The fraction of sp³-hybridized carbons (Fsp3) is 0.423. The number of fused-ring (bicyclic) bond motifs is 2. The van der Waals surface area contributed by atoms with Gasteiger partial charge in [0.15, 0.2) is 0 Å². The lowest BCUT2D eigenvalue weighted by Crippen LogP contribution is -2.43. The van der Waals surface area contributed by atoms with Gasteiger partial charge in [0.1, 0.15) is 0 Å². The average Bonchev–Trinajstić information content (AvgIpc) is 3.13. The van der Waals surface area contributed by atoms with Crippen LogP contribution in [0.25, 0.3) is 0 Å². The highest BCUT2D eigenvalue weighted by atomic mass is 16.7. The lowest BCUT2D eigenvalue weighted by molar-refractivity contribution is -0.384. The number of non-ortho nitro benzene ring substituents is 1. The molecule has 0 aromatic heterocycles. The van der Waals surface area contributed by atoms with E-state index in [9.17, 15) is 19.7 Å². The number of nitrogens with zero attached hydrogens (tertiary/aromatic N) is 2. The van der Waals surface area contributed by atoms with Gasteiger partial charge in [0.05, 0.1) is 21.6 Å². The van der Waals surface area contributed by atoms with Crippen molar-refractivity contribution in [3.63, 3.8) is 0 Å². The molecule has 8 heteroatoms. The van der Waals surface area contributed by atoms with Gasteiger partial charge < -0.3 is 10.2 Å². The molecule has 1 N–H and O–H groups in total. The Kier molecular flexibility index (Phi) is 5.79. The van der Waals surface area contributed by atoms with Crippen LogP contribution in [0.1, 0.15) is 62.9 Å². The van der Waals surface area contributed by atoms with Crippen LogP contribution in [0, 0.1) is 26.4 Å². The number of aryl methyl sites for hydroxylation is 1. The number of carbonyl (C=O) groups excluding carboxylic acids is 2. The summed E-state index contributed by atoms with van der Waals surface area (Å²) < 4.78 is 0. The first-order valence-electron chi connectivity index (χ1n) is 11.5. The van der Waals surface area contributed by atoms with Crippen molar-refractivity contribution in [2.75, 3.05) is 5.32 Å². The number of oxime groups is 1. The number of hydrogen-bond donors (Lipinski definition) is 1. The zero-order valence-electron chi connectivity index (χ0n) is 19.9. The Morgan fingerprint density at radius 2 is 1.71 bits per heavy atom. The predicted molar refractivity (Wildman–Crippen MR) is 129 cm³/mol. The Morgan fingerprint density at radius 3 is 2.29 bits per heavy atom. The third-order valence-electron chi connectivity index (χ3n) is 8.34. The second-order valence-corrected chi connectivity index (χ2v) is 9.94. The van der Waals surface area contributed by atoms with Crippen LogP contribution in [0.4, 0.5) is 11.4 Å². The molecule has 2 aliphatic rings. The summed E-state index contributed by atoms with van der Waals surface area (Å²) in [4.78, 5) is 41.6. The van der Waals surface area contributed by atoms with Crippen LogP contribution < -0.4 is 5.32 Å². The lowest BCUT2D eigenvalue weighted by atomic mass is 9.64. The van der Waals surface area contributed by atoms with Gasteiger partial charge in [-0.2, -0.15) is 0 Å². The predicted octanol–water partition coefficient (Wildman–Crippen LogP) is 5.53. The van der Waals surface area contributed by atoms with Crippen LogP contribution in [0.15, 0.2) is 53.7 Å². The molecule has 0 radical (unpaired) electrons. The monoisotopic (exact) mass is 463 g/mol. The molecule has 2 unspecified atom stereocenters. The van der Waals surface area contributed by atoms with E-state index < -0.39 is 27.1 Å². The Hall–Kier alpha value is -3.55. The van der Waals surface area contributed by atoms with Gasteiger partial charge in [-0.15, -0.1) is 0 Å². The minimum atomic E-state index is -0.693. The van der Waals surface area contributed by atoms with Crippen LogP contribution in [0.3, 0.4) is 0 Å². The minimum absolute atomic E-state index is 0.0441. The molecular weight excluding hydrogens is 434 g/mol. The van der Waals surface area contributed by atoms with Crippen LogP contribution in [-0.4, -0.2) is 22.5 Å². The van der Waals surface area contributed by atoms with Crippen molar-refractivity contribution in [3.05, 3.63) is 69.8 Å². The maximum absolute atomic E-state index is 13.6. The first-order valence-corrected chi connectivity index (χ1v) is 11.5. The number of nitrogens with one attached hydrogen (secondary N) is 1. The van der Waals surface area contributed by atoms with E-state index in [4.69, 9.17) is 4.84 Å². The largest absolute Gasteiger partial charge is 0.365 e. The van der Waals surface area contributed by atoms with Gasteiger partial charge >= 0.3 is 5.97 Å². The summed E-state index contributed by atoms with van der Waals surface area (Å²) in [7, 11) is 0. The zero-order chi connectivity index (χ0) is 24.7. The number of rotatable bonds is 6. The molecule has 4 rings (SSSR count). The van der Waals surface area contributed by atoms with E-state index in [1.807, 2.05) is 24.3 Å². The molecule has 0 spiro atoms. The fourth-order valence-electron chi connectivity index (χ4n) is 5.47. The molecule has 2 aliphatic carbocycles. The Balaban J connectivity index is 1.54. The SMILES string of the molecule is CCc1ccc(NC(=O)C23CCC(C)(/C(=N\OC(=O)c4ccc([N+](=O)[O-])cc4)C2)C3(C)C)cc1. The highest BCUT2D eigenvalue weighted by Crippen LogP contribution is 2.71. The van der Waals surface area contributed by atoms with Gasteiger partial charge in [0.25, 0.3) is 5.69 Å². The Morgan fingerprint density at radius 1 is 1.06 bits per heavy atom. The Bertz CT molecular complexity index is 1170.